The van der Waals surface area contributed by atoms with E-state index in [0.29, 0.717) is 0 Å². The SMILES string of the molecule is [C-]#[N+]c1c[nH]n2c(=O)c(O)c(C(=O)OC)nc12. The Labute approximate surface area is 93.9 Å². The van der Waals surface area contributed by atoms with Gasteiger partial charge in [0.15, 0.2) is 11.3 Å². The van der Waals surface area contributed by atoms with Crippen LogP contribution >= 0.6 is 0 Å². The van der Waals surface area contributed by atoms with Crippen LogP contribution in [0.5, 0.6) is 5.75 Å². The molecular formula is C9H6N4O4. The first-order valence-electron chi connectivity index (χ1n) is 4.39. The molecule has 0 aliphatic carbocycles. The van der Waals surface area contributed by atoms with E-state index in [4.69, 9.17) is 6.57 Å². The maximum Gasteiger partial charge on any atom is 0.360 e. The highest BCUT2D eigenvalue weighted by atomic mass is 16.5. The van der Waals surface area contributed by atoms with E-state index in [0.717, 1.165) is 11.6 Å². The van der Waals surface area contributed by atoms with Crippen LogP contribution in [0.2, 0.25) is 0 Å². The smallest absolute Gasteiger partial charge is 0.360 e. The molecule has 0 atom stereocenters. The van der Waals surface area contributed by atoms with E-state index in [1.54, 1.807) is 0 Å². The van der Waals surface area contributed by atoms with E-state index < -0.39 is 23.0 Å². The number of hydrogen-bond donors (Lipinski definition) is 2. The molecule has 0 aliphatic heterocycles. The minimum absolute atomic E-state index is 0.0387. The van der Waals surface area contributed by atoms with Crippen LogP contribution in [0.4, 0.5) is 5.69 Å². The number of rotatable bonds is 1. The van der Waals surface area contributed by atoms with Gasteiger partial charge in [-0.1, -0.05) is 0 Å². The number of aromatic nitrogens is 3. The molecule has 0 saturated carbocycles. The van der Waals surface area contributed by atoms with Gasteiger partial charge in [0.1, 0.15) is 0 Å². The number of aromatic hydroxyl groups is 1. The maximum absolute atomic E-state index is 11.6. The third kappa shape index (κ3) is 1.41. The first-order valence-corrected chi connectivity index (χ1v) is 4.39. The molecule has 2 heterocycles. The number of hydrogen-bond acceptors (Lipinski definition) is 5. The van der Waals surface area contributed by atoms with Crippen LogP contribution in [0.1, 0.15) is 10.5 Å². The molecule has 2 aromatic heterocycles. The number of H-pyrrole nitrogens is 1. The second-order valence-corrected chi connectivity index (χ2v) is 3.04. The van der Waals surface area contributed by atoms with Gasteiger partial charge in [0.25, 0.3) is 0 Å². The molecule has 0 amide bonds. The van der Waals surface area contributed by atoms with Crippen molar-refractivity contribution in [3.8, 4) is 5.75 Å². The van der Waals surface area contributed by atoms with Crippen molar-refractivity contribution in [1.29, 1.82) is 0 Å². The van der Waals surface area contributed by atoms with E-state index in [1.165, 1.54) is 6.20 Å². The average Bonchev–Trinajstić information content (AvgIpc) is 2.75. The lowest BCUT2D eigenvalue weighted by Crippen LogP contribution is -2.19. The molecule has 0 radical (unpaired) electrons. The van der Waals surface area contributed by atoms with Gasteiger partial charge in [0, 0.05) is 6.20 Å². The zero-order valence-electron chi connectivity index (χ0n) is 8.59. The van der Waals surface area contributed by atoms with Crippen LogP contribution < -0.4 is 5.56 Å². The molecule has 0 fully saturated rings. The molecular weight excluding hydrogens is 228 g/mol. The van der Waals surface area contributed by atoms with E-state index >= 15 is 0 Å². The number of fused-ring (bicyclic) bond motifs is 1. The molecule has 0 bridgehead atoms. The van der Waals surface area contributed by atoms with E-state index in [2.05, 4.69) is 19.7 Å². The van der Waals surface area contributed by atoms with Gasteiger partial charge in [-0.2, -0.15) is 0 Å². The molecule has 0 aliphatic rings. The zero-order chi connectivity index (χ0) is 12.6. The molecule has 2 aromatic rings. The summed E-state index contributed by atoms with van der Waals surface area (Å²) in [6.45, 7) is 6.86. The van der Waals surface area contributed by atoms with Crippen LogP contribution in [0, 0.1) is 6.57 Å². The minimum Gasteiger partial charge on any atom is -0.501 e. The van der Waals surface area contributed by atoms with Crippen molar-refractivity contribution in [2.24, 2.45) is 0 Å². The molecule has 0 spiro atoms. The van der Waals surface area contributed by atoms with Gasteiger partial charge in [-0.25, -0.2) is 19.1 Å². The summed E-state index contributed by atoms with van der Waals surface area (Å²) in [4.78, 5) is 29.7. The molecule has 2 N–H and O–H groups in total. The first kappa shape index (κ1) is 10.7. The van der Waals surface area contributed by atoms with Crippen molar-refractivity contribution < 1.29 is 14.6 Å². The lowest BCUT2D eigenvalue weighted by molar-refractivity contribution is 0.0590. The van der Waals surface area contributed by atoms with Gasteiger partial charge < -0.3 is 14.9 Å². The fourth-order valence-corrected chi connectivity index (χ4v) is 1.32. The molecule has 0 aromatic carbocycles. The number of nitrogens with one attached hydrogen (secondary N) is 1. The van der Waals surface area contributed by atoms with Gasteiger partial charge in [0.2, 0.25) is 11.4 Å². The summed E-state index contributed by atoms with van der Waals surface area (Å²) in [5.74, 6) is -1.77. The lowest BCUT2D eigenvalue weighted by Gasteiger charge is -2.02. The second-order valence-electron chi connectivity index (χ2n) is 3.04. The number of methoxy groups -OCH3 is 1. The molecule has 0 saturated heterocycles. The standard InChI is InChI=1S/C9H6N4O4/c1-10-4-3-11-13-7(4)12-5(9(16)17-2)6(14)8(13)15/h3,11,14H,2H3. The van der Waals surface area contributed by atoms with E-state index in [-0.39, 0.29) is 11.3 Å². The molecule has 17 heavy (non-hydrogen) atoms. The normalized spacial score (nSPS) is 10.1. The van der Waals surface area contributed by atoms with Crippen LogP contribution in [0.15, 0.2) is 11.0 Å². The lowest BCUT2D eigenvalue weighted by atomic mass is 10.3. The summed E-state index contributed by atoms with van der Waals surface area (Å²) in [5, 5.41) is 11.9. The Balaban J connectivity index is 2.89. The van der Waals surface area contributed by atoms with Crippen LogP contribution in [0.3, 0.4) is 0 Å². The maximum atomic E-state index is 11.6. The third-order valence-corrected chi connectivity index (χ3v) is 2.12. The average molecular weight is 234 g/mol. The molecule has 8 nitrogen and oxygen atoms in total. The van der Waals surface area contributed by atoms with Crippen molar-refractivity contribution >= 4 is 17.3 Å². The Morgan fingerprint density at radius 1 is 1.71 bits per heavy atom. The zero-order valence-corrected chi connectivity index (χ0v) is 8.59. The van der Waals surface area contributed by atoms with Crippen molar-refractivity contribution in [2.75, 3.05) is 7.11 Å². The van der Waals surface area contributed by atoms with Gasteiger partial charge in [-0.15, -0.1) is 0 Å². The second kappa shape index (κ2) is 3.64. The fraction of sp³-hybridized carbons (Fsp3) is 0.111. The van der Waals surface area contributed by atoms with Gasteiger partial charge in [-0.05, 0) is 0 Å². The monoisotopic (exact) mass is 234 g/mol. The Morgan fingerprint density at radius 3 is 3.00 bits per heavy atom. The summed E-state index contributed by atoms with van der Waals surface area (Å²) >= 11 is 0. The summed E-state index contributed by atoms with van der Waals surface area (Å²) in [6, 6.07) is 0. The number of aromatic amines is 1. The summed E-state index contributed by atoms with van der Waals surface area (Å²) in [5.41, 5.74) is -1.36. The highest BCUT2D eigenvalue weighted by Gasteiger charge is 2.21. The first-order chi connectivity index (χ1) is 8.10. The topological polar surface area (TPSA) is 101 Å². The summed E-state index contributed by atoms with van der Waals surface area (Å²) in [6.07, 6.45) is 1.25. The predicted octanol–water partition coefficient (Wildman–Crippen LogP) is 0.0656. The molecule has 2 rings (SSSR count). The van der Waals surface area contributed by atoms with Crippen LogP contribution in [0.25, 0.3) is 10.5 Å². The quantitative estimate of drug-likeness (QED) is 0.537. The molecule has 0 unspecified atom stereocenters. The van der Waals surface area contributed by atoms with Crippen molar-refractivity contribution in [3.05, 3.63) is 33.7 Å². The Kier molecular flexibility index (Phi) is 2.29. The van der Waals surface area contributed by atoms with Crippen molar-refractivity contribution in [2.45, 2.75) is 0 Å². The summed E-state index contributed by atoms with van der Waals surface area (Å²) in [7, 11) is 1.10. The Hall–Kier alpha value is -2.82. The predicted molar refractivity (Wildman–Crippen MR) is 55.1 cm³/mol. The molecule has 8 heteroatoms. The number of esters is 1. The number of ether oxygens (including phenoxy) is 1. The van der Waals surface area contributed by atoms with E-state index in [9.17, 15) is 14.7 Å². The number of nitrogens with zero attached hydrogens (tertiary/aromatic N) is 3. The van der Waals surface area contributed by atoms with Crippen molar-refractivity contribution in [1.82, 2.24) is 14.6 Å². The fourth-order valence-electron chi connectivity index (χ4n) is 1.32. The number of carbonyl (C=O) groups is 1. The third-order valence-electron chi connectivity index (χ3n) is 2.12. The van der Waals surface area contributed by atoms with Crippen LogP contribution in [-0.2, 0) is 4.74 Å². The van der Waals surface area contributed by atoms with Crippen molar-refractivity contribution in [3.63, 3.8) is 0 Å². The largest absolute Gasteiger partial charge is 0.501 e. The number of carbonyl (C=O) groups excluding carboxylic acids is 1. The Bertz CT molecular complexity index is 706. The highest BCUT2D eigenvalue weighted by molar-refractivity contribution is 5.91. The van der Waals surface area contributed by atoms with Gasteiger partial charge in [-0.3, -0.25) is 4.79 Å². The highest BCUT2D eigenvalue weighted by Crippen LogP contribution is 2.19. The van der Waals surface area contributed by atoms with Crippen LogP contribution in [-0.4, -0.2) is 32.8 Å². The minimum atomic E-state index is -0.945. The van der Waals surface area contributed by atoms with Gasteiger partial charge >= 0.3 is 11.5 Å². The summed E-state index contributed by atoms with van der Waals surface area (Å²) < 4.78 is 5.24. The Morgan fingerprint density at radius 2 is 2.41 bits per heavy atom. The van der Waals surface area contributed by atoms with Gasteiger partial charge in [0.05, 0.1) is 13.7 Å². The van der Waals surface area contributed by atoms with E-state index in [1.807, 2.05) is 0 Å². The molecule has 86 valence electrons.